The lowest BCUT2D eigenvalue weighted by molar-refractivity contribution is -0.137. The number of hydrogen-bond acceptors (Lipinski definition) is 4. The van der Waals surface area contributed by atoms with E-state index >= 15 is 0 Å². The van der Waals surface area contributed by atoms with Crippen molar-refractivity contribution in [2.75, 3.05) is 14.2 Å². The number of amides is 1. The van der Waals surface area contributed by atoms with Gasteiger partial charge in [-0.2, -0.15) is 0 Å². The van der Waals surface area contributed by atoms with Crippen LogP contribution in [0.1, 0.15) is 36.1 Å². The van der Waals surface area contributed by atoms with E-state index in [2.05, 4.69) is 12.2 Å². The number of methoxy groups -OCH3 is 2. The van der Waals surface area contributed by atoms with Crippen molar-refractivity contribution in [3.63, 3.8) is 0 Å². The summed E-state index contributed by atoms with van der Waals surface area (Å²) < 4.78 is 10.5. The summed E-state index contributed by atoms with van der Waals surface area (Å²) in [7, 11) is 3.03. The number of carboxylic acid groups (broad SMARTS) is 1. The molecule has 144 valence electrons. The molecule has 2 N–H and O–H groups in total. The minimum Gasteiger partial charge on any atom is -0.493 e. The molecule has 0 fully saturated rings. The van der Waals surface area contributed by atoms with Gasteiger partial charge in [0.05, 0.1) is 33.1 Å². The first-order valence-corrected chi connectivity index (χ1v) is 8.77. The van der Waals surface area contributed by atoms with Gasteiger partial charge in [0.2, 0.25) is 5.91 Å². The SMILES string of the molecule is CCc1ccc(CC(=O)NC(CC(=O)O)c2ccc(OC)c(OC)c2)cc1. The lowest BCUT2D eigenvalue weighted by atomic mass is 10.0. The van der Waals surface area contributed by atoms with Gasteiger partial charge in [-0.1, -0.05) is 37.3 Å². The Kier molecular flexibility index (Phi) is 7.23. The molecule has 2 aromatic carbocycles. The number of carboxylic acids is 1. The van der Waals surface area contributed by atoms with E-state index < -0.39 is 12.0 Å². The first-order chi connectivity index (χ1) is 13.0. The van der Waals surface area contributed by atoms with E-state index in [0.717, 1.165) is 12.0 Å². The van der Waals surface area contributed by atoms with Gasteiger partial charge in [-0.25, -0.2) is 0 Å². The zero-order chi connectivity index (χ0) is 19.8. The van der Waals surface area contributed by atoms with Crippen LogP contribution in [-0.2, 0) is 22.4 Å². The van der Waals surface area contributed by atoms with Crippen LogP contribution in [0.4, 0.5) is 0 Å². The summed E-state index contributed by atoms with van der Waals surface area (Å²) in [6.07, 6.45) is 0.899. The Hall–Kier alpha value is -3.02. The van der Waals surface area contributed by atoms with Crippen LogP contribution >= 0.6 is 0 Å². The molecule has 1 atom stereocenters. The van der Waals surface area contributed by atoms with Crippen molar-refractivity contribution in [3.8, 4) is 11.5 Å². The first kappa shape index (κ1) is 20.3. The fourth-order valence-electron chi connectivity index (χ4n) is 2.82. The lowest BCUT2D eigenvalue weighted by Gasteiger charge is -2.19. The monoisotopic (exact) mass is 371 g/mol. The highest BCUT2D eigenvalue weighted by molar-refractivity contribution is 5.80. The van der Waals surface area contributed by atoms with Gasteiger partial charge in [-0.15, -0.1) is 0 Å². The molecular formula is C21H25NO5. The van der Waals surface area contributed by atoms with Crippen molar-refractivity contribution >= 4 is 11.9 Å². The predicted octanol–water partition coefficient (Wildman–Crippen LogP) is 3.14. The Morgan fingerprint density at radius 2 is 1.63 bits per heavy atom. The van der Waals surface area contributed by atoms with Crippen molar-refractivity contribution in [1.82, 2.24) is 5.32 Å². The zero-order valence-electron chi connectivity index (χ0n) is 15.8. The van der Waals surface area contributed by atoms with E-state index in [0.29, 0.717) is 17.1 Å². The number of nitrogens with one attached hydrogen (secondary N) is 1. The molecule has 6 nitrogen and oxygen atoms in total. The van der Waals surface area contributed by atoms with Crippen molar-refractivity contribution < 1.29 is 24.2 Å². The minimum atomic E-state index is -0.998. The third kappa shape index (κ3) is 5.74. The molecule has 0 aliphatic rings. The average molecular weight is 371 g/mol. The molecule has 0 aliphatic heterocycles. The van der Waals surface area contributed by atoms with Crippen molar-refractivity contribution in [2.24, 2.45) is 0 Å². The normalized spacial score (nSPS) is 11.5. The van der Waals surface area contributed by atoms with Crippen molar-refractivity contribution in [2.45, 2.75) is 32.2 Å². The number of ether oxygens (including phenoxy) is 2. The summed E-state index contributed by atoms with van der Waals surface area (Å²) in [5, 5.41) is 12.0. The second-order valence-electron chi connectivity index (χ2n) is 6.18. The highest BCUT2D eigenvalue weighted by Crippen LogP contribution is 2.31. The fourth-order valence-corrected chi connectivity index (χ4v) is 2.82. The summed E-state index contributed by atoms with van der Waals surface area (Å²) in [5.41, 5.74) is 2.73. The summed E-state index contributed by atoms with van der Waals surface area (Å²) in [4.78, 5) is 23.7. The molecule has 2 aromatic rings. The van der Waals surface area contributed by atoms with Crippen LogP contribution in [0.3, 0.4) is 0 Å². The van der Waals surface area contributed by atoms with E-state index in [9.17, 15) is 14.7 Å². The highest BCUT2D eigenvalue weighted by atomic mass is 16.5. The summed E-state index contributed by atoms with van der Waals surface area (Å²) in [5.74, 6) is -0.213. The quantitative estimate of drug-likeness (QED) is 0.707. The van der Waals surface area contributed by atoms with Crippen LogP contribution < -0.4 is 14.8 Å². The van der Waals surface area contributed by atoms with E-state index in [1.54, 1.807) is 18.2 Å². The fraction of sp³-hybridized carbons (Fsp3) is 0.333. The zero-order valence-corrected chi connectivity index (χ0v) is 15.8. The molecule has 0 aliphatic carbocycles. The number of carbonyl (C=O) groups is 2. The minimum absolute atomic E-state index is 0.188. The molecule has 2 rings (SSSR count). The molecule has 0 bridgehead atoms. The number of carbonyl (C=O) groups excluding carboxylic acids is 1. The molecule has 27 heavy (non-hydrogen) atoms. The van der Waals surface area contributed by atoms with Crippen LogP contribution in [0.25, 0.3) is 0 Å². The van der Waals surface area contributed by atoms with Gasteiger partial charge < -0.3 is 19.9 Å². The number of aliphatic carboxylic acids is 1. The van der Waals surface area contributed by atoms with Gasteiger partial charge in [0, 0.05) is 0 Å². The number of aryl methyl sites for hydroxylation is 1. The molecule has 1 unspecified atom stereocenters. The Morgan fingerprint density at radius 1 is 1.00 bits per heavy atom. The van der Waals surface area contributed by atoms with E-state index in [1.165, 1.54) is 19.8 Å². The summed E-state index contributed by atoms with van der Waals surface area (Å²) in [6, 6.07) is 12.3. The third-order valence-corrected chi connectivity index (χ3v) is 4.32. The number of hydrogen-bond donors (Lipinski definition) is 2. The number of benzene rings is 2. The summed E-state index contributed by atoms with van der Waals surface area (Å²) >= 11 is 0. The van der Waals surface area contributed by atoms with E-state index in [-0.39, 0.29) is 18.7 Å². The Morgan fingerprint density at radius 3 is 2.19 bits per heavy atom. The Bertz CT molecular complexity index is 786. The van der Waals surface area contributed by atoms with Crippen LogP contribution in [0.5, 0.6) is 11.5 Å². The van der Waals surface area contributed by atoms with E-state index in [1.807, 2.05) is 24.3 Å². The molecule has 0 saturated heterocycles. The van der Waals surface area contributed by atoms with Crippen LogP contribution in [-0.4, -0.2) is 31.2 Å². The van der Waals surface area contributed by atoms with Gasteiger partial charge in [-0.3, -0.25) is 9.59 Å². The van der Waals surface area contributed by atoms with Crippen LogP contribution in [0.2, 0.25) is 0 Å². The molecule has 0 spiro atoms. The molecule has 0 radical (unpaired) electrons. The lowest BCUT2D eigenvalue weighted by Crippen LogP contribution is -2.31. The molecule has 6 heteroatoms. The van der Waals surface area contributed by atoms with Crippen LogP contribution in [0, 0.1) is 0 Å². The van der Waals surface area contributed by atoms with E-state index in [4.69, 9.17) is 9.47 Å². The molecule has 0 saturated carbocycles. The first-order valence-electron chi connectivity index (χ1n) is 8.77. The third-order valence-electron chi connectivity index (χ3n) is 4.32. The van der Waals surface area contributed by atoms with Gasteiger partial charge in [0.25, 0.3) is 0 Å². The largest absolute Gasteiger partial charge is 0.493 e. The smallest absolute Gasteiger partial charge is 0.305 e. The highest BCUT2D eigenvalue weighted by Gasteiger charge is 2.20. The second-order valence-corrected chi connectivity index (χ2v) is 6.18. The maximum Gasteiger partial charge on any atom is 0.305 e. The molecular weight excluding hydrogens is 346 g/mol. The topological polar surface area (TPSA) is 84.9 Å². The van der Waals surface area contributed by atoms with Crippen LogP contribution in [0.15, 0.2) is 42.5 Å². The van der Waals surface area contributed by atoms with Crippen molar-refractivity contribution in [1.29, 1.82) is 0 Å². The Balaban J connectivity index is 2.15. The maximum atomic E-state index is 12.4. The molecule has 0 heterocycles. The summed E-state index contributed by atoms with van der Waals surface area (Å²) in [6.45, 7) is 2.07. The van der Waals surface area contributed by atoms with Gasteiger partial charge in [0.1, 0.15) is 0 Å². The predicted molar refractivity (Wildman–Crippen MR) is 102 cm³/mol. The number of rotatable bonds is 9. The molecule has 0 aromatic heterocycles. The standard InChI is InChI=1S/C21H25NO5/c1-4-14-5-7-15(8-6-14)11-20(23)22-17(13-21(24)25)16-9-10-18(26-2)19(12-16)27-3/h5-10,12,17H,4,11,13H2,1-3H3,(H,22,23)(H,24,25). The van der Waals surface area contributed by atoms with Gasteiger partial charge in [0.15, 0.2) is 11.5 Å². The molecule has 1 amide bonds. The van der Waals surface area contributed by atoms with Gasteiger partial charge in [-0.05, 0) is 35.2 Å². The average Bonchev–Trinajstić information content (AvgIpc) is 2.67. The second kappa shape index (κ2) is 9.62. The maximum absolute atomic E-state index is 12.4. The van der Waals surface area contributed by atoms with Gasteiger partial charge >= 0.3 is 5.97 Å². The van der Waals surface area contributed by atoms with Crippen molar-refractivity contribution in [3.05, 3.63) is 59.2 Å². The Labute approximate surface area is 159 Å².